The summed E-state index contributed by atoms with van der Waals surface area (Å²) in [5.41, 5.74) is 4.04. The van der Waals surface area contributed by atoms with Gasteiger partial charge in [0.25, 0.3) is 0 Å². The Morgan fingerprint density at radius 2 is 1.64 bits per heavy atom. The lowest BCUT2D eigenvalue weighted by Gasteiger charge is -2.45. The van der Waals surface area contributed by atoms with E-state index in [-0.39, 0.29) is 0 Å². The predicted octanol–water partition coefficient (Wildman–Crippen LogP) is 4.63. The molecule has 0 radical (unpaired) electrons. The van der Waals surface area contributed by atoms with E-state index < -0.39 is 0 Å². The fourth-order valence-corrected chi connectivity index (χ4v) is 3.99. The molecule has 0 aromatic heterocycles. The van der Waals surface area contributed by atoms with Gasteiger partial charge in [-0.05, 0) is 43.9 Å². The number of nitrogens with one attached hydrogen (secondary N) is 1. The average molecular weight is 335 g/mol. The molecule has 1 saturated heterocycles. The van der Waals surface area contributed by atoms with Gasteiger partial charge in [-0.25, -0.2) is 0 Å². The van der Waals surface area contributed by atoms with Crippen LogP contribution < -0.4 is 5.32 Å². The fourth-order valence-electron chi connectivity index (χ4n) is 3.99. The molecule has 0 bridgehead atoms. The minimum atomic E-state index is 0.440. The van der Waals surface area contributed by atoms with Gasteiger partial charge in [-0.15, -0.1) is 0 Å². The van der Waals surface area contributed by atoms with Crippen LogP contribution in [0.15, 0.2) is 72.8 Å². The van der Waals surface area contributed by atoms with Crippen molar-refractivity contribution >= 4 is 0 Å². The van der Waals surface area contributed by atoms with Gasteiger partial charge < -0.3 is 5.32 Å². The highest BCUT2D eigenvalue weighted by molar-refractivity contribution is 5.17. The van der Waals surface area contributed by atoms with Crippen molar-refractivity contribution in [2.24, 2.45) is 5.92 Å². The highest BCUT2D eigenvalue weighted by Gasteiger charge is 2.35. The largest absolute Gasteiger partial charge is 0.308 e. The smallest absolute Gasteiger partial charge is 0.0289 e. The topological polar surface area (TPSA) is 15.3 Å². The molecular weight excluding hydrogens is 304 g/mol. The molecule has 1 fully saturated rings. The van der Waals surface area contributed by atoms with Crippen LogP contribution >= 0.6 is 0 Å². The third kappa shape index (κ3) is 4.59. The van der Waals surface area contributed by atoms with E-state index in [0.717, 1.165) is 19.6 Å². The minimum absolute atomic E-state index is 0.440. The van der Waals surface area contributed by atoms with Crippen molar-refractivity contribution in [1.29, 1.82) is 0 Å². The molecule has 1 aliphatic rings. The molecule has 0 amide bonds. The number of benzene rings is 2. The first-order chi connectivity index (χ1) is 12.1. The van der Waals surface area contributed by atoms with E-state index in [1.165, 1.54) is 23.1 Å². The van der Waals surface area contributed by atoms with E-state index in [4.69, 9.17) is 0 Å². The molecule has 1 aliphatic heterocycles. The molecule has 0 spiro atoms. The average Bonchev–Trinajstić information content (AvgIpc) is 2.64. The maximum absolute atomic E-state index is 4.27. The number of rotatable bonds is 6. The summed E-state index contributed by atoms with van der Waals surface area (Å²) in [6, 6.07) is 22.4. The van der Waals surface area contributed by atoms with Gasteiger partial charge in [0.1, 0.15) is 0 Å². The highest BCUT2D eigenvalue weighted by atomic mass is 15.2. The summed E-state index contributed by atoms with van der Waals surface area (Å²) in [5.74, 6) is 0.547. The Hall–Kier alpha value is -1.90. The van der Waals surface area contributed by atoms with Crippen molar-refractivity contribution in [3.63, 3.8) is 0 Å². The van der Waals surface area contributed by atoms with E-state index in [1.807, 2.05) is 0 Å². The molecule has 1 N–H and O–H groups in total. The van der Waals surface area contributed by atoms with Crippen LogP contribution in [0.1, 0.15) is 31.4 Å². The van der Waals surface area contributed by atoms with Crippen LogP contribution in [-0.4, -0.2) is 23.5 Å². The number of hydrogen-bond acceptors (Lipinski definition) is 2. The van der Waals surface area contributed by atoms with Crippen molar-refractivity contribution < 1.29 is 0 Å². The molecule has 0 unspecified atom stereocenters. The zero-order valence-corrected chi connectivity index (χ0v) is 15.5. The quantitative estimate of drug-likeness (QED) is 0.775. The standard InChI is InChI=1S/C23H30N2/c1-18(2)22-14-15-25(17-21-12-8-5-9-13-21)19(3)23(22)24-16-20-10-6-4-7-11-20/h4-13,19,22-24H,1,14-17H2,2-3H3/t19-,22-,23-/m0/s1. The third-order valence-corrected chi connectivity index (χ3v) is 5.50. The Balaban J connectivity index is 1.70. The molecule has 0 saturated carbocycles. The van der Waals surface area contributed by atoms with Crippen LogP contribution in [0.3, 0.4) is 0 Å². The fraction of sp³-hybridized carbons (Fsp3) is 0.391. The van der Waals surface area contributed by atoms with Gasteiger partial charge in [0.15, 0.2) is 0 Å². The number of likely N-dealkylation sites (tertiary alicyclic amines) is 1. The maximum Gasteiger partial charge on any atom is 0.0289 e. The molecule has 3 atom stereocenters. The third-order valence-electron chi connectivity index (χ3n) is 5.50. The summed E-state index contributed by atoms with van der Waals surface area (Å²) >= 11 is 0. The van der Waals surface area contributed by atoms with Crippen LogP contribution in [0.4, 0.5) is 0 Å². The molecule has 2 nitrogen and oxygen atoms in total. The first-order valence-electron chi connectivity index (χ1n) is 9.36. The van der Waals surface area contributed by atoms with Crippen molar-refractivity contribution in [3.8, 4) is 0 Å². The van der Waals surface area contributed by atoms with Crippen molar-refractivity contribution in [2.45, 2.75) is 45.4 Å². The van der Waals surface area contributed by atoms with E-state index >= 15 is 0 Å². The molecular formula is C23H30N2. The first-order valence-corrected chi connectivity index (χ1v) is 9.36. The summed E-state index contributed by atoms with van der Waals surface area (Å²) in [5, 5.41) is 3.83. The molecule has 3 rings (SSSR count). The molecule has 1 heterocycles. The van der Waals surface area contributed by atoms with Gasteiger partial charge in [-0.1, -0.05) is 72.8 Å². The summed E-state index contributed by atoms with van der Waals surface area (Å²) in [7, 11) is 0. The SMILES string of the molecule is C=C(C)[C@@H]1CCN(Cc2ccccc2)[C@@H](C)[C@@H]1NCc1ccccc1. The molecule has 2 aromatic carbocycles. The van der Waals surface area contributed by atoms with Crippen molar-refractivity contribution in [1.82, 2.24) is 10.2 Å². The second kappa shape index (κ2) is 8.46. The Labute approximate surface area is 152 Å². The lowest BCUT2D eigenvalue weighted by Crippen LogP contribution is -2.56. The second-order valence-electron chi connectivity index (χ2n) is 7.33. The number of piperidine rings is 1. The van der Waals surface area contributed by atoms with Crippen LogP contribution in [0, 0.1) is 5.92 Å². The number of nitrogens with zero attached hydrogens (tertiary/aromatic N) is 1. The van der Waals surface area contributed by atoms with Crippen molar-refractivity contribution in [2.75, 3.05) is 6.54 Å². The van der Waals surface area contributed by atoms with Crippen LogP contribution in [-0.2, 0) is 13.1 Å². The van der Waals surface area contributed by atoms with Gasteiger partial charge >= 0.3 is 0 Å². The molecule has 25 heavy (non-hydrogen) atoms. The molecule has 2 heteroatoms. The Kier molecular flexibility index (Phi) is 6.06. The Morgan fingerprint density at radius 3 is 2.24 bits per heavy atom. The van der Waals surface area contributed by atoms with E-state index in [9.17, 15) is 0 Å². The summed E-state index contributed by atoms with van der Waals surface area (Å²) in [6.07, 6.45) is 1.18. The van der Waals surface area contributed by atoms with Crippen LogP contribution in [0.25, 0.3) is 0 Å². The van der Waals surface area contributed by atoms with Gasteiger partial charge in [-0.3, -0.25) is 4.90 Å². The lowest BCUT2D eigenvalue weighted by atomic mass is 9.81. The molecule has 0 aliphatic carbocycles. The van der Waals surface area contributed by atoms with Gasteiger partial charge in [0, 0.05) is 25.2 Å². The summed E-state index contributed by atoms with van der Waals surface area (Å²) in [4.78, 5) is 2.61. The Morgan fingerprint density at radius 1 is 1.04 bits per heavy atom. The van der Waals surface area contributed by atoms with Crippen molar-refractivity contribution in [3.05, 3.63) is 83.9 Å². The lowest BCUT2D eigenvalue weighted by molar-refractivity contribution is 0.0867. The van der Waals surface area contributed by atoms with Gasteiger partial charge in [0.2, 0.25) is 0 Å². The van der Waals surface area contributed by atoms with Crippen LogP contribution in [0.2, 0.25) is 0 Å². The molecule has 2 aromatic rings. The number of hydrogen-bond donors (Lipinski definition) is 1. The normalized spacial score (nSPS) is 24.2. The monoisotopic (exact) mass is 334 g/mol. The first kappa shape index (κ1) is 17.9. The van der Waals surface area contributed by atoms with Gasteiger partial charge in [0.05, 0.1) is 0 Å². The zero-order valence-electron chi connectivity index (χ0n) is 15.5. The second-order valence-corrected chi connectivity index (χ2v) is 7.33. The molecule has 132 valence electrons. The summed E-state index contributed by atoms with van der Waals surface area (Å²) < 4.78 is 0. The maximum atomic E-state index is 4.27. The van der Waals surface area contributed by atoms with E-state index in [1.54, 1.807) is 0 Å². The predicted molar refractivity (Wildman–Crippen MR) is 106 cm³/mol. The van der Waals surface area contributed by atoms with Crippen LogP contribution in [0.5, 0.6) is 0 Å². The minimum Gasteiger partial charge on any atom is -0.308 e. The highest BCUT2D eigenvalue weighted by Crippen LogP contribution is 2.29. The zero-order chi connectivity index (χ0) is 17.6. The summed E-state index contributed by atoms with van der Waals surface area (Å²) in [6.45, 7) is 11.9. The Bertz CT molecular complexity index is 665. The van der Waals surface area contributed by atoms with E-state index in [2.05, 4.69) is 91.3 Å². The van der Waals surface area contributed by atoms with E-state index in [0.29, 0.717) is 18.0 Å². The van der Waals surface area contributed by atoms with Gasteiger partial charge in [-0.2, -0.15) is 0 Å².